The Kier molecular flexibility index (Phi) is 3.54. The minimum absolute atomic E-state index is 0.215. The van der Waals surface area contributed by atoms with Crippen LogP contribution in [0.4, 0.5) is 0 Å². The maximum atomic E-state index is 12.4. The van der Waals surface area contributed by atoms with Crippen LogP contribution in [-0.2, 0) is 9.53 Å². The number of esters is 1. The van der Waals surface area contributed by atoms with Crippen LogP contribution < -0.4 is 9.47 Å². The lowest BCUT2D eigenvalue weighted by molar-refractivity contribution is -0.143. The molecule has 0 saturated carbocycles. The Morgan fingerprint density at radius 3 is 2.88 bits per heavy atom. The molecule has 120 valence electrons. The summed E-state index contributed by atoms with van der Waals surface area (Å²) in [6.45, 7) is 4.19. The number of carbonyl (C=O) groups is 1. The molecule has 1 unspecified atom stereocenters. The van der Waals surface area contributed by atoms with Crippen molar-refractivity contribution in [3.8, 4) is 11.5 Å². The molecule has 4 rings (SSSR count). The van der Waals surface area contributed by atoms with Gasteiger partial charge >= 0.3 is 5.97 Å². The fraction of sp³-hybridized carbons (Fsp3) is 0.158. The van der Waals surface area contributed by atoms with Gasteiger partial charge in [0.2, 0.25) is 6.79 Å². The van der Waals surface area contributed by atoms with Crippen molar-refractivity contribution in [2.45, 2.75) is 5.92 Å². The van der Waals surface area contributed by atoms with Crippen molar-refractivity contribution in [2.24, 2.45) is 0 Å². The fourth-order valence-corrected chi connectivity index (χ4v) is 2.93. The quantitative estimate of drug-likeness (QED) is 0.813. The SMILES string of the molecule is C=Cc1cccc(C2C(=O)OCC=C2c2ccc3c(c2)OCO3)n1. The van der Waals surface area contributed by atoms with E-state index >= 15 is 0 Å². The first kappa shape index (κ1) is 14.5. The van der Waals surface area contributed by atoms with Gasteiger partial charge in [-0.1, -0.05) is 18.7 Å². The Morgan fingerprint density at radius 2 is 2.00 bits per heavy atom. The number of hydrogen-bond donors (Lipinski definition) is 0. The molecule has 1 atom stereocenters. The largest absolute Gasteiger partial charge is 0.461 e. The predicted octanol–water partition coefficient (Wildman–Crippen LogP) is 3.18. The van der Waals surface area contributed by atoms with Crippen molar-refractivity contribution in [1.29, 1.82) is 0 Å². The molecule has 1 aromatic heterocycles. The summed E-state index contributed by atoms with van der Waals surface area (Å²) in [5.41, 5.74) is 3.11. The summed E-state index contributed by atoms with van der Waals surface area (Å²) in [6.07, 6.45) is 3.56. The number of hydrogen-bond acceptors (Lipinski definition) is 5. The summed E-state index contributed by atoms with van der Waals surface area (Å²) >= 11 is 0. The molecule has 0 spiro atoms. The van der Waals surface area contributed by atoms with Crippen LogP contribution >= 0.6 is 0 Å². The lowest BCUT2D eigenvalue weighted by Gasteiger charge is -2.23. The number of benzene rings is 1. The first-order valence-electron chi connectivity index (χ1n) is 7.62. The molecule has 2 aromatic rings. The Hall–Kier alpha value is -3.08. The third kappa shape index (κ3) is 2.44. The molecule has 2 aliphatic rings. The number of cyclic esters (lactones) is 1. The van der Waals surface area contributed by atoms with Gasteiger partial charge in [0, 0.05) is 0 Å². The van der Waals surface area contributed by atoms with Gasteiger partial charge in [-0.3, -0.25) is 9.78 Å². The summed E-state index contributed by atoms with van der Waals surface area (Å²) in [5.74, 6) is 0.512. The number of aromatic nitrogens is 1. The van der Waals surface area contributed by atoms with E-state index in [4.69, 9.17) is 14.2 Å². The zero-order valence-electron chi connectivity index (χ0n) is 12.9. The smallest absolute Gasteiger partial charge is 0.319 e. The molecule has 0 radical (unpaired) electrons. The average molecular weight is 321 g/mol. The maximum Gasteiger partial charge on any atom is 0.319 e. The summed E-state index contributed by atoms with van der Waals surface area (Å²) in [4.78, 5) is 16.9. The lowest BCUT2D eigenvalue weighted by Crippen LogP contribution is -2.23. The van der Waals surface area contributed by atoms with Crippen LogP contribution in [0.2, 0.25) is 0 Å². The van der Waals surface area contributed by atoms with Crippen molar-refractivity contribution in [1.82, 2.24) is 4.98 Å². The minimum Gasteiger partial charge on any atom is -0.461 e. The van der Waals surface area contributed by atoms with E-state index in [2.05, 4.69) is 11.6 Å². The number of fused-ring (bicyclic) bond motifs is 1. The molecule has 0 saturated heterocycles. The number of carbonyl (C=O) groups excluding carboxylic acids is 1. The third-order valence-electron chi connectivity index (χ3n) is 4.08. The van der Waals surface area contributed by atoms with Gasteiger partial charge in [-0.15, -0.1) is 0 Å². The highest BCUT2D eigenvalue weighted by Crippen LogP contribution is 2.40. The molecule has 0 fully saturated rings. The summed E-state index contributed by atoms with van der Waals surface area (Å²) in [7, 11) is 0. The molecule has 2 aliphatic heterocycles. The topological polar surface area (TPSA) is 57.7 Å². The second-order valence-corrected chi connectivity index (χ2v) is 5.48. The molecule has 1 aromatic carbocycles. The Morgan fingerprint density at radius 1 is 1.12 bits per heavy atom. The van der Waals surface area contributed by atoms with Gasteiger partial charge < -0.3 is 14.2 Å². The number of rotatable bonds is 3. The molecule has 5 nitrogen and oxygen atoms in total. The highest BCUT2D eigenvalue weighted by atomic mass is 16.7. The molecule has 0 N–H and O–H groups in total. The monoisotopic (exact) mass is 321 g/mol. The Balaban J connectivity index is 1.78. The van der Waals surface area contributed by atoms with Crippen LogP contribution in [0.15, 0.2) is 49.1 Å². The number of pyridine rings is 1. The molecule has 0 amide bonds. The van der Waals surface area contributed by atoms with E-state index in [-0.39, 0.29) is 19.4 Å². The lowest BCUT2D eigenvalue weighted by atomic mass is 9.87. The standard InChI is InChI=1S/C19H15NO4/c1-2-13-4-3-5-15(20-13)18-14(8-9-22-19(18)21)12-6-7-16-17(10-12)24-11-23-16/h2-8,10,18H,1,9,11H2. The molecule has 5 heteroatoms. The highest BCUT2D eigenvalue weighted by Gasteiger charge is 2.32. The van der Waals surface area contributed by atoms with Crippen LogP contribution in [0.3, 0.4) is 0 Å². The van der Waals surface area contributed by atoms with Gasteiger partial charge in [-0.2, -0.15) is 0 Å². The van der Waals surface area contributed by atoms with Gasteiger partial charge in [0.05, 0.1) is 11.4 Å². The van der Waals surface area contributed by atoms with E-state index in [1.54, 1.807) is 6.08 Å². The van der Waals surface area contributed by atoms with Crippen molar-refractivity contribution in [3.63, 3.8) is 0 Å². The molecule has 0 bridgehead atoms. The van der Waals surface area contributed by atoms with Gasteiger partial charge in [0.1, 0.15) is 12.5 Å². The van der Waals surface area contributed by atoms with E-state index in [1.807, 2.05) is 42.5 Å². The van der Waals surface area contributed by atoms with E-state index in [0.29, 0.717) is 17.2 Å². The van der Waals surface area contributed by atoms with Crippen LogP contribution in [0.5, 0.6) is 11.5 Å². The third-order valence-corrected chi connectivity index (χ3v) is 4.08. The summed E-state index contributed by atoms with van der Waals surface area (Å²) in [6, 6.07) is 11.2. The number of nitrogens with zero attached hydrogens (tertiary/aromatic N) is 1. The fourth-order valence-electron chi connectivity index (χ4n) is 2.93. The Labute approximate surface area is 139 Å². The molecular weight excluding hydrogens is 306 g/mol. The van der Waals surface area contributed by atoms with Gasteiger partial charge in [-0.05, 0) is 47.6 Å². The van der Waals surface area contributed by atoms with Gasteiger partial charge in [0.25, 0.3) is 0 Å². The average Bonchev–Trinajstić information content (AvgIpc) is 3.09. The van der Waals surface area contributed by atoms with Crippen LogP contribution in [0.1, 0.15) is 22.9 Å². The van der Waals surface area contributed by atoms with Gasteiger partial charge in [-0.25, -0.2) is 0 Å². The van der Waals surface area contributed by atoms with Gasteiger partial charge in [0.15, 0.2) is 11.5 Å². The zero-order valence-corrected chi connectivity index (χ0v) is 12.9. The number of ether oxygens (including phenoxy) is 3. The van der Waals surface area contributed by atoms with Crippen molar-refractivity contribution >= 4 is 17.6 Å². The zero-order chi connectivity index (χ0) is 16.5. The molecule has 0 aliphatic carbocycles. The van der Waals surface area contributed by atoms with E-state index in [9.17, 15) is 4.79 Å². The van der Waals surface area contributed by atoms with Crippen LogP contribution in [-0.4, -0.2) is 24.4 Å². The normalized spacial score (nSPS) is 18.8. The first-order chi connectivity index (χ1) is 11.8. The molecule has 3 heterocycles. The van der Waals surface area contributed by atoms with Crippen molar-refractivity contribution in [2.75, 3.05) is 13.4 Å². The minimum atomic E-state index is -0.570. The van der Waals surface area contributed by atoms with Crippen LogP contribution in [0.25, 0.3) is 11.6 Å². The summed E-state index contributed by atoms with van der Waals surface area (Å²) in [5, 5.41) is 0. The maximum absolute atomic E-state index is 12.4. The van der Waals surface area contributed by atoms with E-state index in [0.717, 1.165) is 16.8 Å². The van der Waals surface area contributed by atoms with Crippen molar-refractivity contribution < 1.29 is 19.0 Å². The second kappa shape index (κ2) is 5.85. The second-order valence-electron chi connectivity index (χ2n) is 5.48. The van der Waals surface area contributed by atoms with E-state index in [1.165, 1.54) is 0 Å². The van der Waals surface area contributed by atoms with E-state index < -0.39 is 5.92 Å². The van der Waals surface area contributed by atoms with Crippen molar-refractivity contribution in [3.05, 3.63) is 66.0 Å². The highest BCUT2D eigenvalue weighted by molar-refractivity contribution is 5.95. The molecule has 24 heavy (non-hydrogen) atoms. The Bertz CT molecular complexity index is 856. The molecular formula is C19H15NO4. The first-order valence-corrected chi connectivity index (χ1v) is 7.62. The summed E-state index contributed by atoms with van der Waals surface area (Å²) < 4.78 is 16.0. The van der Waals surface area contributed by atoms with Crippen LogP contribution in [0, 0.1) is 0 Å². The predicted molar refractivity (Wildman–Crippen MR) is 88.6 cm³/mol.